The Kier molecular flexibility index (Phi) is 31.9. The Morgan fingerprint density at radius 3 is 1.84 bits per heavy atom. The van der Waals surface area contributed by atoms with Gasteiger partial charge in [0.25, 0.3) is 0 Å². The molecular weight excluding hydrogens is 1450 g/mol. The second kappa shape index (κ2) is 39.0. The van der Waals surface area contributed by atoms with Gasteiger partial charge in [0.1, 0.15) is 72.1 Å². The molecule has 2 bridgehead atoms. The Morgan fingerprint density at radius 2 is 1.28 bits per heavy atom. The van der Waals surface area contributed by atoms with Crippen LogP contribution < -0.4 is 16.0 Å². The zero-order chi connectivity index (χ0) is 81.8. The smallest absolute Gasteiger partial charge is 0.377 e. The van der Waals surface area contributed by atoms with E-state index >= 15 is 47.1 Å². The summed E-state index contributed by atoms with van der Waals surface area (Å²) < 4.78 is 121. The van der Waals surface area contributed by atoms with Crippen molar-refractivity contribution in [3.05, 3.63) is 12.2 Å². The average Bonchev–Trinajstić information content (AvgIpc) is 1.26. The Hall–Kier alpha value is -7.22. The maximum absolute atomic E-state index is 15.6. The van der Waals surface area contributed by atoms with E-state index in [1.807, 2.05) is 13.8 Å². The molecule has 622 valence electrons. The number of rotatable bonds is 15. The van der Waals surface area contributed by atoms with Crippen molar-refractivity contribution in [3.63, 3.8) is 0 Å². The number of carbonyl (C=O) groups excluding carboxylic acids is 12. The van der Waals surface area contributed by atoms with Crippen LogP contribution in [0.4, 0.5) is 35.1 Å². The van der Waals surface area contributed by atoms with Crippen molar-refractivity contribution in [1.29, 1.82) is 0 Å². The van der Waals surface area contributed by atoms with Crippen LogP contribution in [0.15, 0.2) is 12.2 Å². The molecular formula is C77H120F8N12O13. The molecule has 25 nitrogen and oxygen atoms in total. The third-order valence-electron chi connectivity index (χ3n) is 24.2. The van der Waals surface area contributed by atoms with Crippen molar-refractivity contribution < 1.29 is 97.4 Å². The molecule has 4 saturated carbocycles. The number of hydrogen-bond acceptors (Lipinski definition) is 13. The molecule has 0 aromatic heterocycles. The summed E-state index contributed by atoms with van der Waals surface area (Å²) in [6.07, 6.45) is -12.8. The number of nitrogens with one attached hydrogen (secondary N) is 3. The van der Waals surface area contributed by atoms with E-state index in [-0.39, 0.29) is 109 Å². The molecule has 3 heterocycles. The van der Waals surface area contributed by atoms with Gasteiger partial charge in [-0.1, -0.05) is 66.0 Å². The molecule has 0 aromatic carbocycles. The maximum Gasteiger partial charge on any atom is 0.397 e. The number of likely N-dealkylation sites (N-methyl/N-ethyl adjacent to an activating group) is 6. The quantitative estimate of drug-likeness (QED) is 0.109. The van der Waals surface area contributed by atoms with Crippen molar-refractivity contribution in [1.82, 2.24) is 60.0 Å². The van der Waals surface area contributed by atoms with Crippen LogP contribution in [-0.2, 0) is 62.3 Å². The molecule has 12 atom stereocenters. The Balaban J connectivity index is 1.34. The standard InChI is InChI=1S/C77H120F8N12O13/c1-14-34-95-56(36-45(4)5)66(101)87-64(46(6)15-2)72(107)91(10)44-62(100)92(11)55-25-18-17-21-35-96(71(55)106)59(39-47-26-29-50(30-27-47)76(80,81)82)70(105)90(9)43-60(98)86-54(31-28-48-37-52(78)63(53(79)38-48)77(83,84)85)68(103)97-42-51(110-16-3)40-57(97)67(102)88-75(32-22-33-75)74(109)94(13)65(49-23-19-20-24-49)73(108)93(12)58(41-61(95)99)69(104)89(7)8/h17-18,45-59,63-65H,14-16,19-44H2,1-13H3,(H,86,98)(H,87,101)(H,88,102)/b18-17-/t46-,47?,48?,50?,51+,52?,53?,54-,55-,56-,57-,58-,59-,63?,64-,65-/m0/s1. The second-order valence-electron chi connectivity index (χ2n) is 32.7. The highest BCUT2D eigenvalue weighted by Crippen LogP contribution is 2.46. The number of amides is 12. The molecule has 4 aliphatic carbocycles. The van der Waals surface area contributed by atoms with Crippen molar-refractivity contribution in [2.75, 3.05) is 88.7 Å². The molecule has 2 saturated heterocycles. The highest BCUT2D eigenvalue weighted by molar-refractivity contribution is 6.01. The largest absolute Gasteiger partial charge is 0.397 e. The fourth-order valence-corrected chi connectivity index (χ4v) is 17.4. The summed E-state index contributed by atoms with van der Waals surface area (Å²) in [4.78, 5) is 193. The monoisotopic (exact) mass is 1570 g/mol. The minimum Gasteiger partial charge on any atom is -0.377 e. The van der Waals surface area contributed by atoms with Gasteiger partial charge in [-0.15, -0.1) is 0 Å². The second-order valence-corrected chi connectivity index (χ2v) is 32.7. The maximum atomic E-state index is 15.6. The molecule has 3 aliphatic heterocycles. The number of carbonyl (C=O) groups is 12. The van der Waals surface area contributed by atoms with E-state index in [0.29, 0.717) is 44.9 Å². The minimum absolute atomic E-state index is 0.00478. The number of alkyl halides is 8. The van der Waals surface area contributed by atoms with Crippen LogP contribution in [0.1, 0.15) is 189 Å². The van der Waals surface area contributed by atoms with E-state index in [1.54, 1.807) is 39.8 Å². The molecule has 2 unspecified atom stereocenters. The summed E-state index contributed by atoms with van der Waals surface area (Å²) in [5, 5.41) is 8.48. The molecule has 0 radical (unpaired) electrons. The topological polar surface area (TPSA) is 279 Å². The lowest BCUT2D eigenvalue weighted by Crippen LogP contribution is -2.68. The average molecular weight is 1570 g/mol. The van der Waals surface area contributed by atoms with E-state index in [0.717, 1.165) is 24.5 Å². The van der Waals surface area contributed by atoms with Crippen molar-refractivity contribution in [2.24, 2.45) is 41.4 Å². The molecule has 110 heavy (non-hydrogen) atoms. The van der Waals surface area contributed by atoms with E-state index in [9.17, 15) is 45.5 Å². The molecule has 1 spiro atoms. The van der Waals surface area contributed by atoms with Crippen LogP contribution in [0.25, 0.3) is 0 Å². The van der Waals surface area contributed by atoms with Gasteiger partial charge < -0.3 is 64.8 Å². The zero-order valence-corrected chi connectivity index (χ0v) is 66.4. The zero-order valence-electron chi connectivity index (χ0n) is 66.4. The number of halogens is 8. The van der Waals surface area contributed by atoms with Gasteiger partial charge in [-0.05, 0) is 152 Å². The van der Waals surface area contributed by atoms with Crippen molar-refractivity contribution >= 4 is 70.9 Å². The first-order valence-corrected chi connectivity index (χ1v) is 39.6. The Bertz CT molecular complexity index is 3260. The third-order valence-corrected chi connectivity index (χ3v) is 24.2. The van der Waals surface area contributed by atoms with Gasteiger partial charge in [-0.2, -0.15) is 26.3 Å². The van der Waals surface area contributed by atoms with E-state index < -0.39 is 230 Å². The molecule has 33 heteroatoms. The third kappa shape index (κ3) is 22.0. The van der Waals surface area contributed by atoms with Crippen LogP contribution in [-0.4, -0.2) is 288 Å². The van der Waals surface area contributed by atoms with Crippen LogP contribution >= 0.6 is 0 Å². The van der Waals surface area contributed by atoms with Crippen molar-refractivity contribution in [3.8, 4) is 0 Å². The van der Waals surface area contributed by atoms with Crippen LogP contribution in [0.3, 0.4) is 0 Å². The normalized spacial score (nSPS) is 31.6. The highest BCUT2D eigenvalue weighted by Gasteiger charge is 2.56. The van der Waals surface area contributed by atoms with E-state index in [1.165, 1.54) is 68.9 Å². The van der Waals surface area contributed by atoms with Crippen molar-refractivity contribution in [2.45, 2.75) is 274 Å². The van der Waals surface area contributed by atoms with Crippen LogP contribution in [0.2, 0.25) is 0 Å². The van der Waals surface area contributed by atoms with E-state index in [4.69, 9.17) is 4.74 Å². The SMILES string of the molecule is CCCN1C(=O)C[C@@H](C(=O)N(C)C)N(C)C(=O)[C@H](C2CCCC2)N(C)C(=O)C2(CCC2)NC(=O)[C@@H]2C[C@@H](OCC)CN2C(=O)[C@H](CCC2CC(F)C(C(F)(F)F)C(F)C2)NC(=O)CN(C)C(=O)[C@H](CC2CCC(C(F)(F)F)CC2)N2CC/C=C\C[C@@H](C2=O)N(C)C(=O)CN(C)C(=O)[C@H]([C@@H](C)CC)NC(=O)[C@@H]1CC(C)C. The molecule has 0 aromatic rings. The molecule has 3 N–H and O–H groups in total. The predicted molar refractivity (Wildman–Crippen MR) is 390 cm³/mol. The number of nitrogens with zero attached hydrogens (tertiary/aromatic N) is 9. The predicted octanol–water partition coefficient (Wildman–Crippen LogP) is 7.13. The first-order valence-electron chi connectivity index (χ1n) is 39.6. The van der Waals surface area contributed by atoms with Gasteiger partial charge in [-0.25, -0.2) is 8.78 Å². The lowest BCUT2D eigenvalue weighted by molar-refractivity contribution is -0.219. The van der Waals surface area contributed by atoms with Crippen LogP contribution in [0, 0.1) is 41.4 Å². The minimum atomic E-state index is -5.22. The summed E-state index contributed by atoms with van der Waals surface area (Å²) in [6.45, 7) is 8.72. The van der Waals surface area contributed by atoms with Gasteiger partial charge in [0.2, 0.25) is 70.9 Å². The van der Waals surface area contributed by atoms with E-state index in [2.05, 4.69) is 16.0 Å². The molecule has 7 rings (SSSR count). The summed E-state index contributed by atoms with van der Waals surface area (Å²) in [6, 6.07) is -11.4. The number of hydrogen-bond donors (Lipinski definition) is 3. The summed E-state index contributed by atoms with van der Waals surface area (Å²) >= 11 is 0. The Morgan fingerprint density at radius 1 is 0.655 bits per heavy atom. The summed E-state index contributed by atoms with van der Waals surface area (Å²) in [5.41, 5.74) is -1.69. The number of ether oxygens (including phenoxy) is 1. The lowest BCUT2D eigenvalue weighted by atomic mass is 9.74. The number of fused-ring (bicyclic) bond motifs is 3. The Labute approximate surface area is 642 Å². The van der Waals surface area contributed by atoms with Gasteiger partial charge in [0.05, 0.1) is 31.5 Å². The lowest BCUT2D eigenvalue weighted by Gasteiger charge is -2.46. The van der Waals surface area contributed by atoms with Crippen LogP contribution in [0.5, 0.6) is 0 Å². The fourth-order valence-electron chi connectivity index (χ4n) is 17.4. The first kappa shape index (κ1) is 90.0. The first-order chi connectivity index (χ1) is 51.6. The van der Waals surface area contributed by atoms with Gasteiger partial charge >= 0.3 is 12.4 Å². The fraction of sp³-hybridized carbons (Fsp3) is 0.818. The molecule has 6 fully saturated rings. The summed E-state index contributed by atoms with van der Waals surface area (Å²) in [7, 11) is 9.57. The van der Waals surface area contributed by atoms with Gasteiger partial charge in [0, 0.05) is 82.0 Å². The van der Waals surface area contributed by atoms with Gasteiger partial charge in [0.15, 0.2) is 0 Å². The van der Waals surface area contributed by atoms with Gasteiger partial charge in [-0.3, -0.25) is 57.5 Å². The molecule has 7 aliphatic rings. The summed E-state index contributed by atoms with van der Waals surface area (Å²) in [5.74, 6) is -16.9. The molecule has 12 amide bonds. The highest BCUT2D eigenvalue weighted by atomic mass is 19.4.